The van der Waals surface area contributed by atoms with Gasteiger partial charge in [0.2, 0.25) is 5.91 Å². The zero-order valence-corrected chi connectivity index (χ0v) is 20.9. The third-order valence-electron chi connectivity index (χ3n) is 6.59. The number of anilines is 1. The van der Waals surface area contributed by atoms with Crippen molar-refractivity contribution in [2.24, 2.45) is 5.41 Å². The maximum Gasteiger partial charge on any atom is 0.319 e. The molecule has 3 aliphatic rings. The summed E-state index contributed by atoms with van der Waals surface area (Å²) < 4.78 is 0. The van der Waals surface area contributed by atoms with Gasteiger partial charge in [-0.2, -0.15) is 0 Å². The number of halogens is 1. The standard InChI is InChI=1S/C24H33ClN6O3/c1-24(2,3)20(27-23(34)26-17-7-5-16(25)6-8-17)22(33)29-11-9-18(10-12-29)31-15-30-14-28(4)13-19(30)21(31)32/h5-8,13,18,20H,9-12,14-15H2,1-4H3,(H2,26,27,34)/t20-/m0/s1. The Morgan fingerprint density at radius 2 is 1.74 bits per heavy atom. The molecular formula is C24H33ClN6O3. The van der Waals surface area contributed by atoms with Crippen molar-refractivity contribution >= 4 is 35.1 Å². The molecular weight excluding hydrogens is 456 g/mol. The van der Waals surface area contributed by atoms with Crippen LogP contribution in [-0.2, 0) is 9.59 Å². The van der Waals surface area contributed by atoms with Crippen molar-refractivity contribution < 1.29 is 14.4 Å². The van der Waals surface area contributed by atoms with Gasteiger partial charge in [0.15, 0.2) is 0 Å². The predicted molar refractivity (Wildman–Crippen MR) is 131 cm³/mol. The molecule has 2 N–H and O–H groups in total. The van der Waals surface area contributed by atoms with E-state index in [9.17, 15) is 14.4 Å². The third-order valence-corrected chi connectivity index (χ3v) is 6.84. The number of carbonyl (C=O) groups is 3. The van der Waals surface area contributed by atoms with Gasteiger partial charge in [-0.3, -0.25) is 9.59 Å². The van der Waals surface area contributed by atoms with Crippen LogP contribution in [0.3, 0.4) is 0 Å². The first-order chi connectivity index (χ1) is 16.0. The van der Waals surface area contributed by atoms with Gasteiger partial charge >= 0.3 is 6.03 Å². The molecule has 0 radical (unpaired) electrons. The van der Waals surface area contributed by atoms with Crippen LogP contribution in [0, 0.1) is 5.41 Å². The molecule has 0 bridgehead atoms. The van der Waals surface area contributed by atoms with Crippen LogP contribution in [-0.4, -0.2) is 83.0 Å². The molecule has 3 heterocycles. The highest BCUT2D eigenvalue weighted by Crippen LogP contribution is 2.30. The van der Waals surface area contributed by atoms with Crippen molar-refractivity contribution in [2.45, 2.75) is 45.7 Å². The molecule has 0 aliphatic carbocycles. The van der Waals surface area contributed by atoms with Crippen LogP contribution in [0.25, 0.3) is 0 Å². The van der Waals surface area contributed by atoms with Crippen LogP contribution in [0.5, 0.6) is 0 Å². The van der Waals surface area contributed by atoms with Crippen molar-refractivity contribution in [3.05, 3.63) is 41.2 Å². The van der Waals surface area contributed by atoms with Crippen LogP contribution in [0.2, 0.25) is 5.02 Å². The fraction of sp³-hybridized carbons (Fsp3) is 0.542. The molecule has 34 heavy (non-hydrogen) atoms. The third kappa shape index (κ3) is 5.09. The Kier molecular flexibility index (Phi) is 6.66. The summed E-state index contributed by atoms with van der Waals surface area (Å²) in [6.07, 6.45) is 3.35. The highest BCUT2D eigenvalue weighted by Gasteiger charge is 2.42. The van der Waals surface area contributed by atoms with E-state index in [1.807, 2.05) is 48.7 Å². The Bertz CT molecular complexity index is 981. The summed E-state index contributed by atoms with van der Waals surface area (Å²) in [6.45, 7) is 8.25. The highest BCUT2D eigenvalue weighted by atomic mass is 35.5. The van der Waals surface area contributed by atoms with E-state index in [4.69, 9.17) is 11.6 Å². The second kappa shape index (κ2) is 9.37. The van der Waals surface area contributed by atoms with Crippen LogP contribution in [0.1, 0.15) is 33.6 Å². The zero-order chi connectivity index (χ0) is 24.6. The summed E-state index contributed by atoms with van der Waals surface area (Å²) in [4.78, 5) is 46.7. The number of nitrogens with one attached hydrogen (secondary N) is 2. The van der Waals surface area contributed by atoms with Gasteiger partial charge in [0.25, 0.3) is 5.91 Å². The number of likely N-dealkylation sites (tertiary alicyclic amines) is 1. The minimum absolute atomic E-state index is 0.0715. The van der Waals surface area contributed by atoms with Crippen molar-refractivity contribution in [2.75, 3.05) is 38.8 Å². The maximum absolute atomic E-state index is 13.4. The number of benzene rings is 1. The molecule has 4 rings (SSSR count). The average molecular weight is 489 g/mol. The molecule has 1 aromatic carbocycles. The molecule has 0 aromatic heterocycles. The van der Waals surface area contributed by atoms with Crippen LogP contribution < -0.4 is 10.6 Å². The van der Waals surface area contributed by atoms with Crippen molar-refractivity contribution in [1.82, 2.24) is 24.9 Å². The van der Waals surface area contributed by atoms with Crippen molar-refractivity contribution in [3.8, 4) is 0 Å². The summed E-state index contributed by atoms with van der Waals surface area (Å²) in [5, 5.41) is 6.21. The topological polar surface area (TPSA) is 88.2 Å². The van der Waals surface area contributed by atoms with Gasteiger partial charge in [-0.15, -0.1) is 0 Å². The number of urea groups is 1. The Morgan fingerprint density at radius 1 is 1.09 bits per heavy atom. The number of hydrogen-bond donors (Lipinski definition) is 2. The summed E-state index contributed by atoms with van der Waals surface area (Å²) >= 11 is 5.90. The van der Waals surface area contributed by atoms with Crippen LogP contribution >= 0.6 is 11.6 Å². The van der Waals surface area contributed by atoms with Gasteiger partial charge in [-0.25, -0.2) is 4.79 Å². The molecule has 0 unspecified atom stereocenters. The SMILES string of the molecule is CN1C=C2C(=O)N(C3CCN(C(=O)[C@H](NC(=O)Nc4ccc(Cl)cc4)C(C)(C)C)CC3)CN2C1. The molecule has 9 nitrogen and oxygen atoms in total. The molecule has 4 amide bonds. The van der Waals surface area contributed by atoms with Gasteiger partial charge in [0.1, 0.15) is 11.7 Å². The molecule has 3 aliphatic heterocycles. The smallest absolute Gasteiger partial charge is 0.319 e. The fourth-order valence-electron chi connectivity index (χ4n) is 4.73. The quantitative estimate of drug-likeness (QED) is 0.680. The first-order valence-electron chi connectivity index (χ1n) is 11.6. The monoisotopic (exact) mass is 488 g/mol. The van der Waals surface area contributed by atoms with E-state index in [1.54, 1.807) is 24.3 Å². The Hall–Kier alpha value is -2.94. The van der Waals surface area contributed by atoms with E-state index >= 15 is 0 Å². The second-order valence-electron chi connectivity index (χ2n) is 10.3. The lowest BCUT2D eigenvalue weighted by atomic mass is 9.85. The molecule has 184 valence electrons. The highest BCUT2D eigenvalue weighted by molar-refractivity contribution is 6.30. The predicted octanol–water partition coefficient (Wildman–Crippen LogP) is 2.71. The largest absolute Gasteiger partial charge is 0.361 e. The Labute approximate surface area is 205 Å². The minimum atomic E-state index is -0.684. The zero-order valence-electron chi connectivity index (χ0n) is 20.2. The molecule has 2 fully saturated rings. The summed E-state index contributed by atoms with van der Waals surface area (Å²) in [5.41, 5.74) is 0.879. The van der Waals surface area contributed by atoms with Gasteiger partial charge in [-0.05, 0) is 42.5 Å². The number of piperidine rings is 1. The first-order valence-corrected chi connectivity index (χ1v) is 12.0. The van der Waals surface area contributed by atoms with E-state index in [2.05, 4.69) is 15.5 Å². The van der Waals surface area contributed by atoms with Gasteiger partial charge < -0.3 is 30.2 Å². The van der Waals surface area contributed by atoms with E-state index in [0.29, 0.717) is 30.5 Å². The molecule has 10 heteroatoms. The second-order valence-corrected chi connectivity index (χ2v) is 10.8. The average Bonchev–Trinajstić information content (AvgIpc) is 3.29. The lowest BCUT2D eigenvalue weighted by molar-refractivity contribution is -0.138. The number of nitrogens with zero attached hydrogens (tertiary/aromatic N) is 4. The number of carbonyl (C=O) groups excluding carboxylic acids is 3. The lowest BCUT2D eigenvalue weighted by Crippen LogP contribution is -2.58. The number of amides is 4. The van der Waals surface area contributed by atoms with Gasteiger partial charge in [-0.1, -0.05) is 32.4 Å². The summed E-state index contributed by atoms with van der Waals surface area (Å²) in [7, 11) is 1.96. The molecule has 2 saturated heterocycles. The minimum Gasteiger partial charge on any atom is -0.361 e. The first kappa shape index (κ1) is 24.2. The van der Waals surface area contributed by atoms with E-state index in [1.165, 1.54) is 0 Å². The number of fused-ring (bicyclic) bond motifs is 1. The molecule has 1 atom stereocenters. The van der Waals surface area contributed by atoms with Gasteiger partial charge in [0.05, 0.1) is 13.3 Å². The van der Waals surface area contributed by atoms with E-state index in [0.717, 1.165) is 25.2 Å². The number of hydrogen-bond acceptors (Lipinski definition) is 5. The van der Waals surface area contributed by atoms with Gasteiger partial charge in [0, 0.05) is 43.1 Å². The normalized spacial score (nSPS) is 19.8. The maximum atomic E-state index is 13.4. The lowest BCUT2D eigenvalue weighted by Gasteiger charge is -2.40. The summed E-state index contributed by atoms with van der Waals surface area (Å²) in [6, 6.07) is 5.79. The van der Waals surface area contributed by atoms with Crippen LogP contribution in [0.15, 0.2) is 36.2 Å². The number of rotatable bonds is 4. The Balaban J connectivity index is 1.35. The van der Waals surface area contributed by atoms with E-state index in [-0.39, 0.29) is 17.9 Å². The summed E-state index contributed by atoms with van der Waals surface area (Å²) in [5.74, 6) is -0.0304. The van der Waals surface area contributed by atoms with Crippen molar-refractivity contribution in [1.29, 1.82) is 0 Å². The molecule has 0 spiro atoms. The van der Waals surface area contributed by atoms with Crippen molar-refractivity contribution in [3.63, 3.8) is 0 Å². The fourth-order valence-corrected chi connectivity index (χ4v) is 4.85. The Morgan fingerprint density at radius 3 is 2.32 bits per heavy atom. The molecule has 0 saturated carbocycles. The van der Waals surface area contributed by atoms with E-state index < -0.39 is 17.5 Å². The van der Waals surface area contributed by atoms with Crippen LogP contribution in [0.4, 0.5) is 10.5 Å². The molecule has 1 aromatic rings.